The van der Waals surface area contributed by atoms with E-state index in [2.05, 4.69) is 63.3 Å². The second kappa shape index (κ2) is 8.98. The number of likely N-dealkylation sites (N-methyl/N-ethyl adjacent to an activating group) is 1. The van der Waals surface area contributed by atoms with Gasteiger partial charge in [-0.05, 0) is 42.9 Å². The Morgan fingerprint density at radius 1 is 1.04 bits per heavy atom. The van der Waals surface area contributed by atoms with E-state index in [1.807, 2.05) is 44.4 Å². The lowest BCUT2D eigenvalue weighted by Crippen LogP contribution is -2.49. The SMILES string of the molecule is CN(C)CC1(OCc2ccc(-c3ccccc3)cc2)C=CC(Br)=CC1CO. The largest absolute Gasteiger partial charge is 0.396 e. The van der Waals surface area contributed by atoms with Crippen molar-refractivity contribution in [1.82, 2.24) is 4.90 Å². The van der Waals surface area contributed by atoms with E-state index >= 15 is 0 Å². The molecule has 2 unspecified atom stereocenters. The number of hydrogen-bond donors (Lipinski definition) is 1. The third kappa shape index (κ3) is 4.96. The smallest absolute Gasteiger partial charge is 0.108 e. The molecule has 0 saturated heterocycles. The van der Waals surface area contributed by atoms with Gasteiger partial charge in [0.25, 0.3) is 0 Å². The number of benzene rings is 2. The van der Waals surface area contributed by atoms with Crippen LogP contribution in [0, 0.1) is 5.92 Å². The molecule has 0 saturated carbocycles. The Hall–Kier alpha value is -1.72. The average Bonchev–Trinajstić information content (AvgIpc) is 2.69. The predicted octanol–water partition coefficient (Wildman–Crippen LogP) is 4.63. The molecule has 0 aliphatic heterocycles. The predicted molar refractivity (Wildman–Crippen MR) is 115 cm³/mol. The van der Waals surface area contributed by atoms with Crippen LogP contribution in [0.5, 0.6) is 0 Å². The molecule has 27 heavy (non-hydrogen) atoms. The second-order valence-corrected chi connectivity index (χ2v) is 8.13. The maximum absolute atomic E-state index is 9.92. The van der Waals surface area contributed by atoms with E-state index in [-0.39, 0.29) is 12.5 Å². The molecular formula is C23H26BrNO2. The molecule has 2 aromatic carbocycles. The fourth-order valence-electron chi connectivity index (χ4n) is 3.45. The van der Waals surface area contributed by atoms with Gasteiger partial charge in [-0.1, -0.05) is 76.6 Å². The molecule has 1 aliphatic rings. The van der Waals surface area contributed by atoms with E-state index in [1.54, 1.807) is 0 Å². The van der Waals surface area contributed by atoms with Gasteiger partial charge in [0.1, 0.15) is 5.60 Å². The minimum Gasteiger partial charge on any atom is -0.396 e. The summed E-state index contributed by atoms with van der Waals surface area (Å²) in [5, 5.41) is 9.92. The monoisotopic (exact) mass is 427 g/mol. The Labute approximate surface area is 170 Å². The fraction of sp³-hybridized carbons (Fsp3) is 0.304. The number of hydrogen-bond acceptors (Lipinski definition) is 3. The van der Waals surface area contributed by atoms with E-state index in [1.165, 1.54) is 11.1 Å². The van der Waals surface area contributed by atoms with Gasteiger partial charge in [0, 0.05) is 16.9 Å². The van der Waals surface area contributed by atoms with Crippen LogP contribution in [0.3, 0.4) is 0 Å². The van der Waals surface area contributed by atoms with Crippen molar-refractivity contribution in [2.45, 2.75) is 12.2 Å². The molecule has 0 aromatic heterocycles. The zero-order chi connectivity index (χ0) is 19.3. The maximum Gasteiger partial charge on any atom is 0.108 e. The van der Waals surface area contributed by atoms with Crippen LogP contribution in [-0.4, -0.2) is 42.9 Å². The van der Waals surface area contributed by atoms with Crippen molar-refractivity contribution in [3.63, 3.8) is 0 Å². The lowest BCUT2D eigenvalue weighted by Gasteiger charge is -2.40. The van der Waals surface area contributed by atoms with Gasteiger partial charge in [0.05, 0.1) is 13.2 Å². The molecule has 0 fully saturated rings. The molecule has 0 spiro atoms. The van der Waals surface area contributed by atoms with Gasteiger partial charge in [0.2, 0.25) is 0 Å². The van der Waals surface area contributed by atoms with Crippen molar-refractivity contribution >= 4 is 15.9 Å². The van der Waals surface area contributed by atoms with Crippen molar-refractivity contribution in [1.29, 1.82) is 0 Å². The van der Waals surface area contributed by atoms with E-state index in [0.717, 1.165) is 10.0 Å². The Morgan fingerprint density at radius 3 is 2.33 bits per heavy atom. The highest BCUT2D eigenvalue weighted by molar-refractivity contribution is 9.11. The van der Waals surface area contributed by atoms with Gasteiger partial charge in [0.15, 0.2) is 0 Å². The molecule has 2 aromatic rings. The Balaban J connectivity index is 1.75. The number of allylic oxidation sites excluding steroid dienone is 2. The number of halogens is 1. The van der Waals surface area contributed by atoms with Gasteiger partial charge in [-0.2, -0.15) is 0 Å². The summed E-state index contributed by atoms with van der Waals surface area (Å²) in [6, 6.07) is 18.8. The third-order valence-electron chi connectivity index (χ3n) is 4.84. The highest BCUT2D eigenvalue weighted by Crippen LogP contribution is 2.34. The molecule has 4 heteroatoms. The summed E-state index contributed by atoms with van der Waals surface area (Å²) in [5.41, 5.74) is 2.97. The minimum atomic E-state index is -0.548. The summed E-state index contributed by atoms with van der Waals surface area (Å²) in [7, 11) is 4.05. The van der Waals surface area contributed by atoms with Crippen molar-refractivity contribution in [3.05, 3.63) is 82.9 Å². The zero-order valence-corrected chi connectivity index (χ0v) is 17.4. The first-order valence-electron chi connectivity index (χ1n) is 9.13. The molecule has 2 atom stereocenters. The Morgan fingerprint density at radius 2 is 1.70 bits per heavy atom. The first kappa shape index (κ1) is 20.0. The lowest BCUT2D eigenvalue weighted by molar-refractivity contribution is -0.0739. The van der Waals surface area contributed by atoms with Crippen molar-refractivity contribution < 1.29 is 9.84 Å². The Kier molecular flexibility index (Phi) is 6.66. The molecule has 142 valence electrons. The first-order chi connectivity index (χ1) is 13.0. The number of nitrogens with zero attached hydrogens (tertiary/aromatic N) is 1. The summed E-state index contributed by atoms with van der Waals surface area (Å²) in [4.78, 5) is 2.10. The van der Waals surface area contributed by atoms with Crippen molar-refractivity contribution in [3.8, 4) is 11.1 Å². The number of aliphatic hydroxyl groups is 1. The van der Waals surface area contributed by atoms with Gasteiger partial charge >= 0.3 is 0 Å². The lowest BCUT2D eigenvalue weighted by atomic mass is 9.83. The summed E-state index contributed by atoms with van der Waals surface area (Å²) >= 11 is 3.51. The van der Waals surface area contributed by atoms with E-state index in [4.69, 9.17) is 4.74 Å². The summed E-state index contributed by atoms with van der Waals surface area (Å²) in [6.07, 6.45) is 6.10. The third-order valence-corrected chi connectivity index (χ3v) is 5.37. The molecule has 0 heterocycles. The normalized spacial score (nSPS) is 22.1. The van der Waals surface area contributed by atoms with Crippen molar-refractivity contribution in [2.75, 3.05) is 27.2 Å². The molecule has 3 nitrogen and oxygen atoms in total. The van der Waals surface area contributed by atoms with Gasteiger partial charge in [-0.15, -0.1) is 0 Å². The zero-order valence-electron chi connectivity index (χ0n) is 15.8. The van der Waals surface area contributed by atoms with Crippen LogP contribution in [0.4, 0.5) is 0 Å². The maximum atomic E-state index is 9.92. The average molecular weight is 428 g/mol. The van der Waals surface area contributed by atoms with Gasteiger partial charge in [-0.25, -0.2) is 0 Å². The molecular weight excluding hydrogens is 402 g/mol. The number of ether oxygens (including phenoxy) is 1. The van der Waals surface area contributed by atoms with Crippen LogP contribution in [-0.2, 0) is 11.3 Å². The molecule has 0 amide bonds. The van der Waals surface area contributed by atoms with Crippen LogP contribution < -0.4 is 0 Å². The van der Waals surface area contributed by atoms with E-state index in [9.17, 15) is 5.11 Å². The quantitative estimate of drug-likeness (QED) is 0.698. The number of aliphatic hydroxyl groups excluding tert-OH is 1. The summed E-state index contributed by atoms with van der Waals surface area (Å²) in [6.45, 7) is 1.24. The van der Waals surface area contributed by atoms with Gasteiger partial charge in [-0.3, -0.25) is 0 Å². The number of rotatable bonds is 7. The molecule has 1 aliphatic carbocycles. The molecule has 1 N–H and O–H groups in total. The molecule has 0 radical (unpaired) electrons. The van der Waals surface area contributed by atoms with Crippen LogP contribution in [0.25, 0.3) is 11.1 Å². The van der Waals surface area contributed by atoms with Gasteiger partial charge < -0.3 is 14.7 Å². The summed E-state index contributed by atoms with van der Waals surface area (Å²) in [5.74, 6) is -0.0946. The molecule has 3 rings (SSSR count). The first-order valence-corrected chi connectivity index (χ1v) is 9.92. The second-order valence-electron chi connectivity index (χ2n) is 7.22. The highest BCUT2D eigenvalue weighted by Gasteiger charge is 2.38. The standard InChI is InChI=1S/C23H26BrNO2/c1-25(2)17-23(13-12-22(24)14-21(23)15-26)27-16-18-8-10-20(11-9-18)19-6-4-3-5-7-19/h3-14,21,26H,15-17H2,1-2H3. The topological polar surface area (TPSA) is 32.7 Å². The fourth-order valence-corrected chi connectivity index (χ4v) is 3.90. The van der Waals surface area contributed by atoms with Crippen molar-refractivity contribution in [2.24, 2.45) is 5.92 Å². The highest BCUT2D eigenvalue weighted by atomic mass is 79.9. The Bertz CT molecular complexity index is 799. The summed E-state index contributed by atoms with van der Waals surface area (Å²) < 4.78 is 7.39. The minimum absolute atomic E-state index is 0.0419. The van der Waals surface area contributed by atoms with Crippen LogP contribution >= 0.6 is 15.9 Å². The molecule has 0 bridgehead atoms. The van der Waals surface area contributed by atoms with E-state index in [0.29, 0.717) is 13.2 Å². The van der Waals surface area contributed by atoms with Crippen LogP contribution in [0.15, 0.2) is 77.3 Å². The van der Waals surface area contributed by atoms with Crippen LogP contribution in [0.1, 0.15) is 5.56 Å². The van der Waals surface area contributed by atoms with E-state index < -0.39 is 5.60 Å². The van der Waals surface area contributed by atoms with Crippen LogP contribution in [0.2, 0.25) is 0 Å².